The van der Waals surface area contributed by atoms with Crippen LogP contribution in [0.3, 0.4) is 0 Å². The average molecular weight is 483 g/mol. The summed E-state index contributed by atoms with van der Waals surface area (Å²) in [5.41, 5.74) is -7.27. The zero-order valence-corrected chi connectivity index (χ0v) is 21.2. The summed E-state index contributed by atoms with van der Waals surface area (Å²) >= 11 is 0. The number of alkyl halides is 1. The van der Waals surface area contributed by atoms with Crippen molar-refractivity contribution in [2.75, 3.05) is 26.5 Å². The predicted octanol–water partition coefficient (Wildman–Crippen LogP) is 4.45. The Labute approximate surface area is 188 Å². The molecule has 1 unspecified atom stereocenters. The number of methoxy groups -OCH3 is 1. The van der Waals surface area contributed by atoms with Gasteiger partial charge in [-0.05, 0) is 55.4 Å². The summed E-state index contributed by atoms with van der Waals surface area (Å²) in [6.45, 7) is 12.2. The Balaban J connectivity index is 3.54. The number of halogens is 1. The molecule has 0 aliphatic heterocycles. The van der Waals surface area contributed by atoms with Crippen molar-refractivity contribution in [2.45, 2.75) is 84.2 Å². The summed E-state index contributed by atoms with van der Waals surface area (Å²) in [6.07, 6.45) is -4.17. The first-order chi connectivity index (χ1) is 14.4. The zero-order valence-electron chi connectivity index (χ0n) is 20.3. The van der Waals surface area contributed by atoms with E-state index < -0.39 is 60.7 Å². The first kappa shape index (κ1) is 28.3. The highest BCUT2D eigenvalue weighted by atomic mass is 31.2. The van der Waals surface area contributed by atoms with E-state index in [1.165, 1.54) is 41.5 Å². The van der Waals surface area contributed by atoms with Crippen molar-refractivity contribution in [3.05, 3.63) is 0 Å². The third kappa shape index (κ3) is 6.42. The van der Waals surface area contributed by atoms with Crippen molar-refractivity contribution >= 4 is 25.8 Å². The molecule has 1 fully saturated rings. The molecule has 1 aliphatic carbocycles. The van der Waals surface area contributed by atoms with E-state index in [9.17, 15) is 18.9 Å². The fourth-order valence-electron chi connectivity index (χ4n) is 3.17. The summed E-state index contributed by atoms with van der Waals surface area (Å²) in [4.78, 5) is 39.1. The first-order valence-corrected chi connectivity index (χ1v) is 12.0. The minimum Gasteiger partial charge on any atom is -0.467 e. The van der Waals surface area contributed by atoms with Crippen molar-refractivity contribution in [1.29, 1.82) is 0 Å². The quantitative estimate of drug-likeness (QED) is 0.280. The minimum absolute atomic E-state index is 0.0412. The normalized spacial score (nSPS) is 23.3. The fourth-order valence-corrected chi connectivity index (χ4v) is 5.20. The average Bonchev–Trinajstić information content (AvgIpc) is 3.15. The molecule has 12 heteroatoms. The van der Waals surface area contributed by atoms with E-state index in [0.29, 0.717) is 0 Å². The number of hydrogen-bond acceptors (Lipinski definition) is 9. The molecular formula is C20H35FNO9P. The highest BCUT2D eigenvalue weighted by molar-refractivity contribution is 7.54. The fraction of sp³-hybridized carbons (Fsp3) is 0.850. The Morgan fingerprint density at radius 2 is 1.34 bits per heavy atom. The lowest BCUT2D eigenvalue weighted by Crippen LogP contribution is -2.57. The van der Waals surface area contributed by atoms with Gasteiger partial charge in [0.05, 0.1) is 26.5 Å². The van der Waals surface area contributed by atoms with Crippen LogP contribution >= 0.6 is 7.60 Å². The van der Waals surface area contributed by atoms with Crippen LogP contribution in [0, 0.1) is 0 Å². The van der Waals surface area contributed by atoms with E-state index in [2.05, 4.69) is 0 Å². The van der Waals surface area contributed by atoms with Crippen molar-refractivity contribution in [1.82, 2.24) is 4.90 Å². The van der Waals surface area contributed by atoms with Gasteiger partial charge in [0.25, 0.3) is 0 Å². The van der Waals surface area contributed by atoms with Crippen LogP contribution in [0.25, 0.3) is 0 Å². The number of nitrogens with zero attached hydrogens (tertiary/aromatic N) is 1. The zero-order chi connectivity index (χ0) is 25.2. The Morgan fingerprint density at radius 1 is 0.938 bits per heavy atom. The van der Waals surface area contributed by atoms with Gasteiger partial charge in [-0.2, -0.15) is 4.90 Å². The largest absolute Gasteiger partial charge is 0.467 e. The van der Waals surface area contributed by atoms with Gasteiger partial charge < -0.3 is 23.3 Å². The third-order valence-electron chi connectivity index (χ3n) is 4.31. The molecule has 1 saturated carbocycles. The van der Waals surface area contributed by atoms with Crippen LogP contribution < -0.4 is 0 Å². The van der Waals surface area contributed by atoms with Crippen molar-refractivity contribution in [2.24, 2.45) is 0 Å². The van der Waals surface area contributed by atoms with Gasteiger partial charge in [-0.1, -0.05) is 0 Å². The molecule has 0 N–H and O–H groups in total. The molecule has 10 nitrogen and oxygen atoms in total. The molecule has 0 heterocycles. The topological polar surface area (TPSA) is 118 Å². The van der Waals surface area contributed by atoms with E-state index in [1.54, 1.807) is 13.8 Å². The lowest BCUT2D eigenvalue weighted by atomic mass is 10.1. The molecule has 0 saturated heterocycles. The molecule has 186 valence electrons. The van der Waals surface area contributed by atoms with E-state index in [4.69, 9.17) is 23.3 Å². The third-order valence-corrected chi connectivity index (χ3v) is 6.50. The standard InChI is InChI=1S/C20H35FNO9P/c1-10-28-32(26,29-11-2)13-19(21)12-20(19,14(23)27-9)22(15(24)30-17(3,4)5)16(25)31-18(6,7)8/h10-13H2,1-9H3/t19-,20?/m1/s1. The van der Waals surface area contributed by atoms with Crippen LogP contribution in [-0.2, 0) is 32.6 Å². The summed E-state index contributed by atoms with van der Waals surface area (Å²) in [5.74, 6) is -1.23. The second-order valence-corrected chi connectivity index (χ2v) is 11.4. The van der Waals surface area contributed by atoms with Crippen LogP contribution in [0.1, 0.15) is 61.8 Å². The van der Waals surface area contributed by atoms with Gasteiger partial charge in [0.2, 0.25) is 0 Å². The Kier molecular flexibility index (Phi) is 8.54. The molecule has 2 amide bonds. The minimum atomic E-state index is -4.00. The van der Waals surface area contributed by atoms with Gasteiger partial charge in [0, 0.05) is 6.42 Å². The van der Waals surface area contributed by atoms with E-state index in [-0.39, 0.29) is 18.1 Å². The number of esters is 1. The molecule has 0 bridgehead atoms. The lowest BCUT2D eigenvalue weighted by molar-refractivity contribution is -0.150. The number of rotatable bonds is 8. The second-order valence-electron chi connectivity index (χ2n) is 9.39. The van der Waals surface area contributed by atoms with Gasteiger partial charge >= 0.3 is 25.8 Å². The summed E-state index contributed by atoms with van der Waals surface area (Å²) < 4.78 is 54.7. The Morgan fingerprint density at radius 3 is 1.66 bits per heavy atom. The number of imide groups is 1. The van der Waals surface area contributed by atoms with Gasteiger partial charge in [0.1, 0.15) is 11.2 Å². The SMILES string of the molecule is CCOP(=O)(C[C@]1(F)CC1(C(=O)OC)N(C(=O)OC(C)(C)C)C(=O)OC(C)(C)C)OCC. The summed E-state index contributed by atoms with van der Waals surface area (Å²) in [6, 6.07) is 0. The summed E-state index contributed by atoms with van der Waals surface area (Å²) in [5, 5.41) is 0. The molecule has 0 spiro atoms. The maximum atomic E-state index is 16.1. The maximum Gasteiger partial charge on any atom is 0.420 e. The Bertz CT molecular complexity index is 738. The first-order valence-electron chi connectivity index (χ1n) is 10.3. The molecule has 0 aromatic carbocycles. The number of hydrogen-bond donors (Lipinski definition) is 0. The summed E-state index contributed by atoms with van der Waals surface area (Å²) in [7, 11) is -3.02. The maximum absolute atomic E-state index is 16.1. The monoisotopic (exact) mass is 483 g/mol. The molecule has 2 atom stereocenters. The molecule has 1 rings (SSSR count). The molecule has 1 aliphatic rings. The number of carbonyl (C=O) groups is 3. The van der Waals surface area contributed by atoms with Crippen molar-refractivity contribution in [3.8, 4) is 0 Å². The van der Waals surface area contributed by atoms with Crippen LogP contribution in [0.4, 0.5) is 14.0 Å². The van der Waals surface area contributed by atoms with E-state index in [1.807, 2.05) is 0 Å². The van der Waals surface area contributed by atoms with Crippen LogP contribution in [0.2, 0.25) is 0 Å². The van der Waals surface area contributed by atoms with Crippen molar-refractivity contribution < 1.29 is 46.6 Å². The van der Waals surface area contributed by atoms with Gasteiger partial charge in [-0.25, -0.2) is 18.8 Å². The lowest BCUT2D eigenvalue weighted by Gasteiger charge is -2.34. The predicted molar refractivity (Wildman–Crippen MR) is 113 cm³/mol. The molecule has 0 aromatic heterocycles. The number of ether oxygens (including phenoxy) is 3. The molecule has 0 aromatic rings. The second kappa shape index (κ2) is 9.65. The van der Waals surface area contributed by atoms with Gasteiger partial charge in [-0.15, -0.1) is 0 Å². The van der Waals surface area contributed by atoms with Gasteiger partial charge in [0.15, 0.2) is 11.2 Å². The molecule has 0 radical (unpaired) electrons. The van der Waals surface area contributed by atoms with Crippen LogP contribution in [0.15, 0.2) is 0 Å². The smallest absolute Gasteiger partial charge is 0.420 e. The van der Waals surface area contributed by atoms with Crippen LogP contribution in [0.5, 0.6) is 0 Å². The number of amides is 2. The molecule has 32 heavy (non-hydrogen) atoms. The Hall–Kier alpha value is -1.71. The van der Waals surface area contributed by atoms with E-state index in [0.717, 1.165) is 7.11 Å². The molecular weight excluding hydrogens is 448 g/mol. The highest BCUT2D eigenvalue weighted by Gasteiger charge is 2.82. The number of carbonyl (C=O) groups excluding carboxylic acids is 3. The van der Waals surface area contributed by atoms with Gasteiger partial charge in [-0.3, -0.25) is 4.57 Å². The van der Waals surface area contributed by atoms with E-state index >= 15 is 4.39 Å². The van der Waals surface area contributed by atoms with Crippen molar-refractivity contribution in [3.63, 3.8) is 0 Å². The van der Waals surface area contributed by atoms with Crippen LogP contribution in [-0.4, -0.2) is 72.0 Å². The highest BCUT2D eigenvalue weighted by Crippen LogP contribution is 2.65.